The number of aromatic nitrogens is 1. The third-order valence-corrected chi connectivity index (χ3v) is 2.28. The molecule has 0 saturated carbocycles. The van der Waals surface area contributed by atoms with E-state index in [1.54, 1.807) is 12.5 Å². The summed E-state index contributed by atoms with van der Waals surface area (Å²) in [6.07, 6.45) is 3.30. The van der Waals surface area contributed by atoms with Crippen LogP contribution in [0.3, 0.4) is 0 Å². The zero-order valence-electron chi connectivity index (χ0n) is 8.46. The largest absolute Gasteiger partial charge is 0.463 e. The molecule has 0 fully saturated rings. The van der Waals surface area contributed by atoms with Crippen LogP contribution in [-0.4, -0.2) is 4.98 Å². The summed E-state index contributed by atoms with van der Waals surface area (Å²) in [5.41, 5.74) is 0.764. The molecule has 1 aromatic carbocycles. The molecule has 0 aliphatic carbocycles. The van der Waals surface area contributed by atoms with Crippen molar-refractivity contribution in [1.29, 1.82) is 0 Å². The van der Waals surface area contributed by atoms with Gasteiger partial charge in [-0.3, -0.25) is 0 Å². The fourth-order valence-corrected chi connectivity index (χ4v) is 1.51. The molecule has 0 bridgehead atoms. The minimum atomic E-state index is 0.570. The molecule has 0 unspecified atom stereocenters. The van der Waals surface area contributed by atoms with Gasteiger partial charge >= 0.3 is 0 Å². The van der Waals surface area contributed by atoms with Gasteiger partial charge in [0.15, 0.2) is 5.58 Å². The molecule has 0 saturated heterocycles. The van der Waals surface area contributed by atoms with Gasteiger partial charge in [0.05, 0.1) is 12.5 Å². The first-order chi connectivity index (χ1) is 7.92. The maximum Gasteiger partial charge on any atom is 0.220 e. The third-order valence-electron chi connectivity index (χ3n) is 2.28. The van der Waals surface area contributed by atoms with Crippen LogP contribution in [0.15, 0.2) is 59.3 Å². The summed E-state index contributed by atoms with van der Waals surface area (Å²) < 4.78 is 10.8. The number of rotatable bonds is 2. The summed E-state index contributed by atoms with van der Waals surface area (Å²) >= 11 is 0. The summed E-state index contributed by atoms with van der Waals surface area (Å²) in [5.74, 6) is 1.35. The van der Waals surface area contributed by atoms with Crippen molar-refractivity contribution in [2.75, 3.05) is 0 Å². The van der Waals surface area contributed by atoms with Gasteiger partial charge in [0, 0.05) is 11.5 Å². The van der Waals surface area contributed by atoms with Crippen LogP contribution in [0.1, 0.15) is 0 Å². The van der Waals surface area contributed by atoms with Crippen LogP contribution in [0.5, 0.6) is 11.6 Å². The van der Waals surface area contributed by atoms with Gasteiger partial charge in [0.1, 0.15) is 5.75 Å². The molecule has 0 radical (unpaired) electrons. The predicted octanol–water partition coefficient (Wildman–Crippen LogP) is 3.62. The molecule has 0 aliphatic heterocycles. The van der Waals surface area contributed by atoms with Crippen molar-refractivity contribution >= 4 is 11.0 Å². The van der Waals surface area contributed by atoms with Crippen LogP contribution >= 0.6 is 0 Å². The van der Waals surface area contributed by atoms with E-state index in [9.17, 15) is 0 Å². The Morgan fingerprint density at radius 1 is 1.06 bits per heavy atom. The standard InChI is InChI=1S/C13H9NO2/c1-2-4-11(5-3-1)16-13-8-10-6-7-15-12(10)9-14-13/h1-9H. The summed E-state index contributed by atoms with van der Waals surface area (Å²) in [6, 6.07) is 13.3. The molecule has 0 aliphatic rings. The molecular formula is C13H9NO2. The second kappa shape index (κ2) is 3.70. The summed E-state index contributed by atoms with van der Waals surface area (Å²) in [5, 5.41) is 0.987. The fourth-order valence-electron chi connectivity index (χ4n) is 1.51. The number of fused-ring (bicyclic) bond motifs is 1. The molecule has 0 amide bonds. The zero-order valence-corrected chi connectivity index (χ0v) is 8.46. The van der Waals surface area contributed by atoms with Crippen LogP contribution in [0.4, 0.5) is 0 Å². The second-order valence-corrected chi connectivity index (χ2v) is 3.40. The van der Waals surface area contributed by atoms with E-state index < -0.39 is 0 Å². The number of benzene rings is 1. The number of furan rings is 1. The molecule has 3 nitrogen and oxygen atoms in total. The van der Waals surface area contributed by atoms with Crippen LogP contribution in [0.25, 0.3) is 11.0 Å². The summed E-state index contributed by atoms with van der Waals surface area (Å²) in [6.45, 7) is 0. The molecule has 16 heavy (non-hydrogen) atoms. The highest BCUT2D eigenvalue weighted by Crippen LogP contribution is 2.23. The number of pyridine rings is 1. The molecule has 2 aromatic heterocycles. The Labute approximate surface area is 92.3 Å². The van der Waals surface area contributed by atoms with Gasteiger partial charge in [-0.25, -0.2) is 4.98 Å². The molecule has 3 aromatic rings. The van der Waals surface area contributed by atoms with E-state index in [0.29, 0.717) is 5.88 Å². The Kier molecular flexibility index (Phi) is 2.07. The number of hydrogen-bond donors (Lipinski definition) is 0. The molecule has 0 N–H and O–H groups in total. The maximum atomic E-state index is 5.60. The maximum absolute atomic E-state index is 5.60. The van der Waals surface area contributed by atoms with Gasteiger partial charge in [-0.2, -0.15) is 0 Å². The van der Waals surface area contributed by atoms with E-state index in [2.05, 4.69) is 4.98 Å². The normalized spacial score (nSPS) is 10.5. The minimum absolute atomic E-state index is 0.570. The van der Waals surface area contributed by atoms with Crippen LogP contribution < -0.4 is 4.74 Å². The van der Waals surface area contributed by atoms with Gasteiger partial charge in [-0.05, 0) is 18.2 Å². The van der Waals surface area contributed by atoms with Crippen molar-refractivity contribution in [2.24, 2.45) is 0 Å². The SMILES string of the molecule is c1ccc(Oc2cc3ccoc3cn2)cc1. The van der Waals surface area contributed by atoms with Crippen LogP contribution in [0, 0.1) is 0 Å². The highest BCUT2D eigenvalue weighted by atomic mass is 16.5. The van der Waals surface area contributed by atoms with Crippen molar-refractivity contribution in [3.63, 3.8) is 0 Å². The van der Waals surface area contributed by atoms with Gasteiger partial charge in [-0.15, -0.1) is 0 Å². The molecule has 78 valence electrons. The molecule has 3 rings (SSSR count). The average molecular weight is 211 g/mol. The smallest absolute Gasteiger partial charge is 0.220 e. The van der Waals surface area contributed by atoms with Gasteiger partial charge in [-0.1, -0.05) is 18.2 Å². The molecule has 0 atom stereocenters. The van der Waals surface area contributed by atoms with Crippen LogP contribution in [0.2, 0.25) is 0 Å². The Morgan fingerprint density at radius 2 is 1.94 bits per heavy atom. The molecule has 2 heterocycles. The van der Waals surface area contributed by atoms with Crippen molar-refractivity contribution < 1.29 is 9.15 Å². The first-order valence-electron chi connectivity index (χ1n) is 4.98. The van der Waals surface area contributed by atoms with E-state index in [4.69, 9.17) is 9.15 Å². The Morgan fingerprint density at radius 3 is 2.81 bits per heavy atom. The van der Waals surface area contributed by atoms with Crippen molar-refractivity contribution in [3.8, 4) is 11.6 Å². The van der Waals surface area contributed by atoms with Crippen LogP contribution in [-0.2, 0) is 0 Å². The lowest BCUT2D eigenvalue weighted by atomic mass is 10.3. The highest BCUT2D eigenvalue weighted by Gasteiger charge is 2.01. The lowest BCUT2D eigenvalue weighted by molar-refractivity contribution is 0.463. The number of para-hydroxylation sites is 1. The number of ether oxygens (including phenoxy) is 1. The Bertz CT molecular complexity index is 601. The fraction of sp³-hybridized carbons (Fsp3) is 0. The number of hydrogen-bond acceptors (Lipinski definition) is 3. The lowest BCUT2D eigenvalue weighted by Crippen LogP contribution is -1.86. The van der Waals surface area contributed by atoms with Gasteiger partial charge in [0.25, 0.3) is 0 Å². The van der Waals surface area contributed by atoms with Crippen molar-refractivity contribution in [3.05, 3.63) is 54.9 Å². The molecule has 0 spiro atoms. The highest BCUT2D eigenvalue weighted by molar-refractivity contribution is 5.77. The first kappa shape index (κ1) is 8.97. The Hall–Kier alpha value is -2.29. The lowest BCUT2D eigenvalue weighted by Gasteiger charge is -2.03. The van der Waals surface area contributed by atoms with Crippen molar-refractivity contribution in [2.45, 2.75) is 0 Å². The van der Waals surface area contributed by atoms with Gasteiger partial charge in [0.2, 0.25) is 5.88 Å². The molecule has 3 heteroatoms. The van der Waals surface area contributed by atoms with Gasteiger partial charge < -0.3 is 9.15 Å². The van der Waals surface area contributed by atoms with E-state index in [0.717, 1.165) is 16.7 Å². The quantitative estimate of drug-likeness (QED) is 0.649. The zero-order chi connectivity index (χ0) is 10.8. The van der Waals surface area contributed by atoms with E-state index in [1.807, 2.05) is 42.5 Å². The van der Waals surface area contributed by atoms with Crippen molar-refractivity contribution in [1.82, 2.24) is 4.98 Å². The predicted molar refractivity (Wildman–Crippen MR) is 60.5 cm³/mol. The monoisotopic (exact) mass is 211 g/mol. The third kappa shape index (κ3) is 1.63. The topological polar surface area (TPSA) is 35.3 Å². The Balaban J connectivity index is 1.94. The van der Waals surface area contributed by atoms with E-state index in [-0.39, 0.29) is 0 Å². The number of nitrogens with zero attached hydrogens (tertiary/aromatic N) is 1. The summed E-state index contributed by atoms with van der Waals surface area (Å²) in [4.78, 5) is 4.16. The minimum Gasteiger partial charge on any atom is -0.463 e. The first-order valence-corrected chi connectivity index (χ1v) is 4.98. The van der Waals surface area contributed by atoms with E-state index >= 15 is 0 Å². The molecular weight excluding hydrogens is 202 g/mol. The van der Waals surface area contributed by atoms with E-state index in [1.165, 1.54) is 0 Å². The second-order valence-electron chi connectivity index (χ2n) is 3.40. The summed E-state index contributed by atoms with van der Waals surface area (Å²) in [7, 11) is 0. The average Bonchev–Trinajstić information content (AvgIpc) is 2.77.